The van der Waals surface area contributed by atoms with Gasteiger partial charge in [0.25, 0.3) is 0 Å². The van der Waals surface area contributed by atoms with Crippen LogP contribution in [0.5, 0.6) is 11.5 Å². The molecular formula is C21H16Cl4N2O2. The third-order valence-corrected chi connectivity index (χ3v) is 5.42. The number of para-hydroxylation sites is 1. The summed E-state index contributed by atoms with van der Waals surface area (Å²) >= 11 is 24.4. The molecular weight excluding hydrogens is 454 g/mol. The summed E-state index contributed by atoms with van der Waals surface area (Å²) in [6, 6.07) is 15.9. The second kappa shape index (κ2) is 10.1. The van der Waals surface area contributed by atoms with E-state index >= 15 is 0 Å². The van der Waals surface area contributed by atoms with Crippen molar-refractivity contribution in [2.24, 2.45) is 5.10 Å². The van der Waals surface area contributed by atoms with Crippen LogP contribution in [-0.4, -0.2) is 13.3 Å². The van der Waals surface area contributed by atoms with Gasteiger partial charge in [-0.2, -0.15) is 5.10 Å². The Morgan fingerprint density at radius 1 is 0.897 bits per heavy atom. The number of nitrogens with one attached hydrogen (secondary N) is 1. The van der Waals surface area contributed by atoms with E-state index in [1.165, 1.54) is 0 Å². The summed E-state index contributed by atoms with van der Waals surface area (Å²) in [6.45, 7) is 0.180. The molecule has 8 heteroatoms. The number of benzene rings is 3. The fourth-order valence-electron chi connectivity index (χ4n) is 2.51. The zero-order valence-electron chi connectivity index (χ0n) is 15.3. The van der Waals surface area contributed by atoms with Crippen molar-refractivity contribution in [1.29, 1.82) is 0 Å². The van der Waals surface area contributed by atoms with E-state index in [0.29, 0.717) is 48.4 Å². The summed E-state index contributed by atoms with van der Waals surface area (Å²) in [5, 5.41) is 6.22. The molecule has 150 valence electrons. The average Bonchev–Trinajstić information content (AvgIpc) is 2.71. The molecule has 29 heavy (non-hydrogen) atoms. The minimum atomic E-state index is 0.180. The molecule has 0 spiro atoms. The van der Waals surface area contributed by atoms with E-state index < -0.39 is 0 Å². The van der Waals surface area contributed by atoms with Gasteiger partial charge in [0.05, 0.1) is 29.1 Å². The van der Waals surface area contributed by atoms with E-state index in [1.807, 2.05) is 12.1 Å². The molecule has 0 aliphatic carbocycles. The predicted octanol–water partition coefficient (Wildman–Crippen LogP) is 7.33. The van der Waals surface area contributed by atoms with Gasteiger partial charge in [0.2, 0.25) is 0 Å². The van der Waals surface area contributed by atoms with Crippen molar-refractivity contribution < 1.29 is 9.47 Å². The monoisotopic (exact) mass is 468 g/mol. The smallest absolute Gasteiger partial charge is 0.170 e. The van der Waals surface area contributed by atoms with Crippen molar-refractivity contribution in [3.05, 3.63) is 85.8 Å². The van der Waals surface area contributed by atoms with Crippen LogP contribution in [0.1, 0.15) is 11.1 Å². The lowest BCUT2D eigenvalue weighted by molar-refractivity contribution is 0.284. The Hall–Kier alpha value is -2.11. The number of hydrogen-bond acceptors (Lipinski definition) is 4. The van der Waals surface area contributed by atoms with Crippen molar-refractivity contribution in [3.8, 4) is 11.5 Å². The first-order valence-corrected chi connectivity index (χ1v) is 9.97. The molecule has 0 saturated carbocycles. The lowest BCUT2D eigenvalue weighted by Crippen LogP contribution is -2.02. The third-order valence-electron chi connectivity index (χ3n) is 3.97. The molecule has 0 aliphatic rings. The first-order chi connectivity index (χ1) is 14.0. The molecule has 4 nitrogen and oxygen atoms in total. The standard InChI is InChI=1S/C21H16Cl4N2O2/c1-28-20-7-2-4-13(11-26-27-14-8-9-18(24)19(25)10-14)21(20)29-12-15-16(22)5-3-6-17(15)23/h2-11,27H,12H2,1H3. The summed E-state index contributed by atoms with van der Waals surface area (Å²) < 4.78 is 11.4. The van der Waals surface area contributed by atoms with E-state index in [4.69, 9.17) is 55.9 Å². The maximum Gasteiger partial charge on any atom is 0.170 e. The Bertz CT molecular complexity index is 1020. The normalized spacial score (nSPS) is 10.9. The zero-order chi connectivity index (χ0) is 20.8. The van der Waals surface area contributed by atoms with Gasteiger partial charge in [-0.25, -0.2) is 0 Å². The molecule has 0 atom stereocenters. The fraction of sp³-hybridized carbons (Fsp3) is 0.0952. The molecule has 0 radical (unpaired) electrons. The van der Waals surface area contributed by atoms with Crippen LogP contribution >= 0.6 is 46.4 Å². The van der Waals surface area contributed by atoms with Crippen molar-refractivity contribution >= 4 is 58.3 Å². The van der Waals surface area contributed by atoms with Gasteiger partial charge in [0.1, 0.15) is 6.61 Å². The molecule has 0 aliphatic heterocycles. The Kier molecular flexibility index (Phi) is 7.51. The molecule has 3 aromatic rings. The molecule has 0 amide bonds. The van der Waals surface area contributed by atoms with Gasteiger partial charge in [-0.3, -0.25) is 5.43 Å². The van der Waals surface area contributed by atoms with Crippen molar-refractivity contribution in [1.82, 2.24) is 0 Å². The van der Waals surface area contributed by atoms with E-state index in [1.54, 1.807) is 55.8 Å². The molecule has 0 saturated heterocycles. The first-order valence-electron chi connectivity index (χ1n) is 8.46. The summed E-state index contributed by atoms with van der Waals surface area (Å²) in [6.07, 6.45) is 1.62. The number of rotatable bonds is 7. The number of nitrogens with zero attached hydrogens (tertiary/aromatic N) is 1. The van der Waals surface area contributed by atoms with Gasteiger partial charge in [-0.1, -0.05) is 58.5 Å². The number of halogens is 4. The van der Waals surface area contributed by atoms with Crippen LogP contribution in [0, 0.1) is 0 Å². The number of hydrazone groups is 1. The highest BCUT2D eigenvalue weighted by Gasteiger charge is 2.12. The highest BCUT2D eigenvalue weighted by molar-refractivity contribution is 6.42. The highest BCUT2D eigenvalue weighted by atomic mass is 35.5. The van der Waals surface area contributed by atoms with Gasteiger partial charge < -0.3 is 9.47 Å². The second-order valence-corrected chi connectivity index (χ2v) is 7.50. The Balaban J connectivity index is 1.81. The maximum absolute atomic E-state index is 6.23. The third kappa shape index (κ3) is 5.49. The largest absolute Gasteiger partial charge is 0.493 e. The molecule has 0 heterocycles. The SMILES string of the molecule is COc1cccc(C=NNc2ccc(Cl)c(Cl)c2)c1OCc1c(Cl)cccc1Cl. The van der Waals surface area contributed by atoms with Crippen LogP contribution in [0.4, 0.5) is 5.69 Å². The van der Waals surface area contributed by atoms with Crippen LogP contribution in [-0.2, 0) is 6.61 Å². The number of methoxy groups -OCH3 is 1. The summed E-state index contributed by atoms with van der Waals surface area (Å²) in [4.78, 5) is 0. The fourth-order valence-corrected chi connectivity index (χ4v) is 3.31. The molecule has 1 N–H and O–H groups in total. The van der Waals surface area contributed by atoms with Crippen LogP contribution in [0.3, 0.4) is 0 Å². The first kappa shape index (κ1) is 21.6. The summed E-state index contributed by atoms with van der Waals surface area (Å²) in [5.41, 5.74) is 5.01. The van der Waals surface area contributed by atoms with E-state index in [-0.39, 0.29) is 6.61 Å². The lowest BCUT2D eigenvalue weighted by atomic mass is 10.2. The highest BCUT2D eigenvalue weighted by Crippen LogP contribution is 2.33. The van der Waals surface area contributed by atoms with Crippen LogP contribution in [0.25, 0.3) is 0 Å². The molecule has 3 rings (SSSR count). The van der Waals surface area contributed by atoms with Gasteiger partial charge >= 0.3 is 0 Å². The topological polar surface area (TPSA) is 42.8 Å². The van der Waals surface area contributed by atoms with Crippen molar-refractivity contribution in [2.45, 2.75) is 6.61 Å². The molecule has 3 aromatic carbocycles. The van der Waals surface area contributed by atoms with Crippen LogP contribution in [0.15, 0.2) is 59.7 Å². The summed E-state index contributed by atoms with van der Waals surface area (Å²) in [5.74, 6) is 1.08. The lowest BCUT2D eigenvalue weighted by Gasteiger charge is -2.14. The van der Waals surface area contributed by atoms with Crippen molar-refractivity contribution in [3.63, 3.8) is 0 Å². The van der Waals surface area contributed by atoms with Gasteiger partial charge in [-0.15, -0.1) is 0 Å². The minimum absolute atomic E-state index is 0.180. The Morgan fingerprint density at radius 2 is 1.62 bits per heavy atom. The molecule has 0 bridgehead atoms. The van der Waals surface area contributed by atoms with Gasteiger partial charge in [-0.05, 0) is 42.5 Å². The maximum atomic E-state index is 6.23. The van der Waals surface area contributed by atoms with Crippen molar-refractivity contribution in [2.75, 3.05) is 12.5 Å². The number of anilines is 1. The molecule has 0 fully saturated rings. The van der Waals surface area contributed by atoms with Crippen LogP contribution in [0.2, 0.25) is 20.1 Å². The van der Waals surface area contributed by atoms with Crippen LogP contribution < -0.4 is 14.9 Å². The average molecular weight is 470 g/mol. The number of ether oxygens (including phenoxy) is 2. The zero-order valence-corrected chi connectivity index (χ0v) is 18.3. The molecule has 0 aromatic heterocycles. The Morgan fingerprint density at radius 3 is 2.31 bits per heavy atom. The quantitative estimate of drug-likeness (QED) is 0.291. The Labute approximate surface area is 188 Å². The van der Waals surface area contributed by atoms with Gasteiger partial charge in [0.15, 0.2) is 11.5 Å². The van der Waals surface area contributed by atoms with E-state index in [2.05, 4.69) is 10.5 Å². The molecule has 0 unspecified atom stereocenters. The second-order valence-electron chi connectivity index (χ2n) is 5.87. The van der Waals surface area contributed by atoms with E-state index in [9.17, 15) is 0 Å². The van der Waals surface area contributed by atoms with Gasteiger partial charge in [0, 0.05) is 21.2 Å². The number of hydrogen-bond donors (Lipinski definition) is 1. The summed E-state index contributed by atoms with van der Waals surface area (Å²) in [7, 11) is 1.57. The van der Waals surface area contributed by atoms with E-state index in [0.717, 1.165) is 0 Å². The minimum Gasteiger partial charge on any atom is -0.493 e. The predicted molar refractivity (Wildman–Crippen MR) is 121 cm³/mol.